The molecule has 0 amide bonds. The van der Waals surface area contributed by atoms with Crippen molar-refractivity contribution in [2.75, 3.05) is 20.3 Å². The Morgan fingerprint density at radius 3 is 2.65 bits per heavy atom. The summed E-state index contributed by atoms with van der Waals surface area (Å²) in [6.07, 6.45) is 1.98. The minimum Gasteiger partial charge on any atom is -0.395 e. The van der Waals surface area contributed by atoms with Crippen LogP contribution < -0.4 is 0 Å². The predicted octanol–water partition coefficient (Wildman–Crippen LogP) is 0.953. The molecule has 0 atom stereocenters. The minimum atomic E-state index is -0.205. The Balaban J connectivity index is 2.18. The van der Waals surface area contributed by atoms with Crippen molar-refractivity contribution in [2.45, 2.75) is 12.6 Å². The van der Waals surface area contributed by atoms with Gasteiger partial charge in [0.2, 0.25) is 0 Å². The van der Waals surface area contributed by atoms with Crippen LogP contribution in [0, 0.1) is 0 Å². The van der Waals surface area contributed by atoms with E-state index in [1.54, 1.807) is 0 Å². The van der Waals surface area contributed by atoms with E-state index >= 15 is 0 Å². The highest BCUT2D eigenvalue weighted by Gasteiger charge is 2.14. The Labute approximate surface area is 100 Å². The summed E-state index contributed by atoms with van der Waals surface area (Å²) in [4.78, 5) is 5.17. The maximum atomic E-state index is 9.13. The first-order chi connectivity index (χ1) is 8.26. The molecule has 0 saturated carbocycles. The molecule has 0 radical (unpaired) electrons. The molecule has 1 aromatic heterocycles. The summed E-state index contributed by atoms with van der Waals surface area (Å²) in [7, 11) is 1.90. The zero-order valence-corrected chi connectivity index (χ0v) is 9.93. The Kier molecular flexibility index (Phi) is 3.78. The van der Waals surface area contributed by atoms with Crippen molar-refractivity contribution in [1.82, 2.24) is 9.88 Å². The van der Waals surface area contributed by atoms with E-state index in [1.807, 2.05) is 36.3 Å². The zero-order valence-electron chi connectivity index (χ0n) is 9.93. The third kappa shape index (κ3) is 2.49. The molecule has 0 aliphatic rings. The summed E-state index contributed by atoms with van der Waals surface area (Å²) in [6, 6.07) is 7.91. The van der Waals surface area contributed by atoms with Crippen molar-refractivity contribution >= 4 is 10.9 Å². The molecule has 17 heavy (non-hydrogen) atoms. The Hall–Kier alpha value is -1.36. The molecule has 0 aliphatic heterocycles. The van der Waals surface area contributed by atoms with E-state index in [0.29, 0.717) is 6.54 Å². The summed E-state index contributed by atoms with van der Waals surface area (Å²) in [6.45, 7) is 0.639. The molecular weight excluding hydrogens is 216 g/mol. The van der Waals surface area contributed by atoms with E-state index in [-0.39, 0.29) is 19.3 Å². The maximum absolute atomic E-state index is 9.13. The fourth-order valence-electron chi connectivity index (χ4n) is 2.00. The molecule has 0 aliphatic carbocycles. The lowest BCUT2D eigenvalue weighted by molar-refractivity contribution is 0.0876. The van der Waals surface area contributed by atoms with Crippen molar-refractivity contribution in [3.8, 4) is 0 Å². The summed E-state index contributed by atoms with van der Waals surface area (Å²) >= 11 is 0. The van der Waals surface area contributed by atoms with E-state index in [0.717, 1.165) is 5.52 Å². The van der Waals surface area contributed by atoms with E-state index in [2.05, 4.69) is 11.1 Å². The number of nitrogens with zero attached hydrogens (tertiary/aromatic N) is 1. The van der Waals surface area contributed by atoms with Gasteiger partial charge in [-0.2, -0.15) is 0 Å². The number of aliphatic hydroxyl groups is 2. The van der Waals surface area contributed by atoms with Crippen molar-refractivity contribution in [2.24, 2.45) is 0 Å². The number of hydrogen-bond donors (Lipinski definition) is 3. The van der Waals surface area contributed by atoms with Crippen LogP contribution in [0.15, 0.2) is 30.5 Å². The van der Waals surface area contributed by atoms with Crippen LogP contribution in [0.4, 0.5) is 0 Å². The molecule has 0 fully saturated rings. The lowest BCUT2D eigenvalue weighted by atomic mass is 10.1. The number of H-pyrrole nitrogens is 1. The highest BCUT2D eigenvalue weighted by atomic mass is 16.3. The van der Waals surface area contributed by atoms with Gasteiger partial charge in [0.15, 0.2) is 0 Å². The number of hydrogen-bond acceptors (Lipinski definition) is 3. The molecule has 0 bridgehead atoms. The number of benzene rings is 1. The Morgan fingerprint density at radius 1 is 1.24 bits per heavy atom. The monoisotopic (exact) mass is 234 g/mol. The highest BCUT2D eigenvalue weighted by molar-refractivity contribution is 5.82. The van der Waals surface area contributed by atoms with Crippen molar-refractivity contribution in [3.63, 3.8) is 0 Å². The number of para-hydroxylation sites is 1. The fraction of sp³-hybridized carbons (Fsp3) is 0.385. The van der Waals surface area contributed by atoms with Gasteiger partial charge in [-0.05, 0) is 18.7 Å². The molecule has 92 valence electrons. The van der Waals surface area contributed by atoms with Gasteiger partial charge in [0.05, 0.1) is 19.3 Å². The number of nitrogens with one attached hydrogen (secondary N) is 1. The summed E-state index contributed by atoms with van der Waals surface area (Å²) in [5.41, 5.74) is 2.29. The van der Waals surface area contributed by atoms with Crippen LogP contribution >= 0.6 is 0 Å². The molecular formula is C13H18N2O2. The summed E-state index contributed by atoms with van der Waals surface area (Å²) in [5, 5.41) is 19.4. The maximum Gasteiger partial charge on any atom is 0.0609 e. The first kappa shape index (κ1) is 12.1. The average Bonchev–Trinajstić information content (AvgIpc) is 2.74. The molecule has 0 spiro atoms. The van der Waals surface area contributed by atoms with E-state index in [1.165, 1.54) is 10.9 Å². The average molecular weight is 234 g/mol. The molecule has 1 heterocycles. The fourth-order valence-corrected chi connectivity index (χ4v) is 2.00. The van der Waals surface area contributed by atoms with Gasteiger partial charge in [0, 0.05) is 23.6 Å². The van der Waals surface area contributed by atoms with Gasteiger partial charge < -0.3 is 15.2 Å². The second-order valence-electron chi connectivity index (χ2n) is 4.29. The smallest absolute Gasteiger partial charge is 0.0609 e. The lowest BCUT2D eigenvalue weighted by Gasteiger charge is -2.24. The molecule has 2 rings (SSSR count). The van der Waals surface area contributed by atoms with Gasteiger partial charge in [0.1, 0.15) is 0 Å². The number of aromatic amines is 1. The van der Waals surface area contributed by atoms with Crippen LogP contribution in [-0.4, -0.2) is 46.4 Å². The van der Waals surface area contributed by atoms with Crippen molar-refractivity contribution in [1.29, 1.82) is 0 Å². The van der Waals surface area contributed by atoms with Crippen LogP contribution in [0.2, 0.25) is 0 Å². The van der Waals surface area contributed by atoms with Gasteiger partial charge in [0.25, 0.3) is 0 Å². The van der Waals surface area contributed by atoms with Gasteiger partial charge in [-0.3, -0.25) is 4.90 Å². The first-order valence-corrected chi connectivity index (χ1v) is 5.73. The molecule has 4 heteroatoms. The van der Waals surface area contributed by atoms with Crippen molar-refractivity contribution in [3.05, 3.63) is 36.0 Å². The molecule has 3 N–H and O–H groups in total. The van der Waals surface area contributed by atoms with Gasteiger partial charge in [-0.1, -0.05) is 18.2 Å². The number of rotatable bonds is 5. The number of fused-ring (bicyclic) bond motifs is 1. The molecule has 0 unspecified atom stereocenters. The highest BCUT2D eigenvalue weighted by Crippen LogP contribution is 2.19. The SMILES string of the molecule is CN(Cc1c[nH]c2ccccc12)C(CO)CO. The second kappa shape index (κ2) is 5.31. The number of aliphatic hydroxyl groups excluding tert-OH is 2. The van der Waals surface area contributed by atoms with Crippen LogP contribution in [0.1, 0.15) is 5.56 Å². The standard InChI is InChI=1S/C13H18N2O2/c1-15(11(8-16)9-17)7-10-6-14-13-5-3-2-4-12(10)13/h2-6,11,14,16-17H,7-9H2,1H3. The zero-order chi connectivity index (χ0) is 12.3. The van der Waals surface area contributed by atoms with E-state index in [9.17, 15) is 0 Å². The van der Waals surface area contributed by atoms with Gasteiger partial charge in [-0.25, -0.2) is 0 Å². The van der Waals surface area contributed by atoms with Crippen LogP contribution in [0.3, 0.4) is 0 Å². The second-order valence-corrected chi connectivity index (χ2v) is 4.29. The number of aromatic nitrogens is 1. The first-order valence-electron chi connectivity index (χ1n) is 5.73. The third-order valence-corrected chi connectivity index (χ3v) is 3.14. The third-order valence-electron chi connectivity index (χ3n) is 3.14. The molecule has 1 aromatic carbocycles. The van der Waals surface area contributed by atoms with Crippen LogP contribution in [0.25, 0.3) is 10.9 Å². The molecule has 4 nitrogen and oxygen atoms in total. The lowest BCUT2D eigenvalue weighted by Crippen LogP contribution is -2.37. The van der Waals surface area contributed by atoms with Gasteiger partial charge >= 0.3 is 0 Å². The number of likely N-dealkylation sites (N-methyl/N-ethyl adjacent to an activating group) is 1. The topological polar surface area (TPSA) is 59.5 Å². The van der Waals surface area contributed by atoms with Crippen LogP contribution in [0.5, 0.6) is 0 Å². The normalized spacial score (nSPS) is 11.8. The quantitative estimate of drug-likeness (QED) is 0.722. The molecule has 0 saturated heterocycles. The van der Waals surface area contributed by atoms with E-state index < -0.39 is 0 Å². The largest absolute Gasteiger partial charge is 0.395 e. The summed E-state index contributed by atoms with van der Waals surface area (Å²) < 4.78 is 0. The minimum absolute atomic E-state index is 0.0324. The molecule has 2 aromatic rings. The van der Waals surface area contributed by atoms with E-state index in [4.69, 9.17) is 10.2 Å². The Morgan fingerprint density at radius 2 is 1.94 bits per heavy atom. The van der Waals surface area contributed by atoms with Crippen molar-refractivity contribution < 1.29 is 10.2 Å². The van der Waals surface area contributed by atoms with Crippen LogP contribution in [-0.2, 0) is 6.54 Å². The Bertz CT molecular complexity index is 477. The predicted molar refractivity (Wildman–Crippen MR) is 67.7 cm³/mol. The van der Waals surface area contributed by atoms with Gasteiger partial charge in [-0.15, -0.1) is 0 Å². The summed E-state index contributed by atoms with van der Waals surface area (Å²) in [5.74, 6) is 0.